The second kappa shape index (κ2) is 12.2. The van der Waals surface area contributed by atoms with E-state index >= 15 is 0 Å². The summed E-state index contributed by atoms with van der Waals surface area (Å²) in [6.45, 7) is 4.27. The van der Waals surface area contributed by atoms with Crippen LogP contribution in [0.5, 0.6) is 0 Å². The molecule has 4 atom stereocenters. The molecule has 0 bridgehead atoms. The summed E-state index contributed by atoms with van der Waals surface area (Å²) in [7, 11) is 2.11. The monoisotopic (exact) mass is 411 g/mol. The molecule has 30 heavy (non-hydrogen) atoms. The number of ether oxygens (including phenoxy) is 2. The predicted octanol–water partition coefficient (Wildman–Crippen LogP) is 4.80. The Labute approximate surface area is 181 Å². The number of hydrogen-bond acceptors (Lipinski definition) is 4. The summed E-state index contributed by atoms with van der Waals surface area (Å²) >= 11 is 0. The summed E-state index contributed by atoms with van der Waals surface area (Å²) in [5, 5.41) is 11.1. The fourth-order valence-electron chi connectivity index (χ4n) is 4.32. The Hall–Kier alpha value is -1.72. The fourth-order valence-corrected chi connectivity index (χ4v) is 4.32. The zero-order chi connectivity index (χ0) is 21.2. The smallest absolute Gasteiger partial charge is 0.0982 e. The van der Waals surface area contributed by atoms with Gasteiger partial charge in [0.05, 0.1) is 37.6 Å². The minimum Gasteiger partial charge on any atom is -0.389 e. The predicted molar refractivity (Wildman–Crippen MR) is 121 cm³/mol. The van der Waals surface area contributed by atoms with Gasteiger partial charge in [-0.1, -0.05) is 86.8 Å². The van der Waals surface area contributed by atoms with Gasteiger partial charge in [0.1, 0.15) is 0 Å². The van der Waals surface area contributed by atoms with Crippen LogP contribution in [0, 0.1) is 0 Å². The average molecular weight is 412 g/mol. The number of benzene rings is 2. The molecular formula is C26H37NO3. The highest BCUT2D eigenvalue weighted by Gasteiger charge is 2.45. The van der Waals surface area contributed by atoms with Crippen molar-refractivity contribution in [3.8, 4) is 0 Å². The summed E-state index contributed by atoms with van der Waals surface area (Å²) in [6.07, 6.45) is 4.77. The Kier molecular flexibility index (Phi) is 9.34. The van der Waals surface area contributed by atoms with Crippen LogP contribution in [0.1, 0.15) is 50.2 Å². The van der Waals surface area contributed by atoms with E-state index in [1.165, 1.54) is 19.3 Å². The number of unbranched alkanes of at least 4 members (excludes halogenated alkanes) is 3. The van der Waals surface area contributed by atoms with Gasteiger partial charge in [-0.05, 0) is 31.1 Å². The van der Waals surface area contributed by atoms with Crippen LogP contribution in [0.15, 0.2) is 60.7 Å². The van der Waals surface area contributed by atoms with Crippen molar-refractivity contribution in [3.05, 3.63) is 71.8 Å². The molecular weight excluding hydrogens is 374 g/mol. The van der Waals surface area contributed by atoms with Crippen molar-refractivity contribution >= 4 is 0 Å². The number of rotatable bonds is 12. The van der Waals surface area contributed by atoms with E-state index in [1.807, 2.05) is 36.4 Å². The Morgan fingerprint density at radius 2 is 1.40 bits per heavy atom. The van der Waals surface area contributed by atoms with Crippen molar-refractivity contribution < 1.29 is 14.6 Å². The maximum atomic E-state index is 11.1. The Bertz CT molecular complexity index is 709. The first-order valence-electron chi connectivity index (χ1n) is 11.4. The van der Waals surface area contributed by atoms with Gasteiger partial charge < -0.3 is 14.6 Å². The van der Waals surface area contributed by atoms with Gasteiger partial charge >= 0.3 is 0 Å². The van der Waals surface area contributed by atoms with E-state index in [-0.39, 0.29) is 18.2 Å². The van der Waals surface area contributed by atoms with Gasteiger partial charge in [-0.15, -0.1) is 0 Å². The average Bonchev–Trinajstić information content (AvgIpc) is 3.10. The second-order valence-electron chi connectivity index (χ2n) is 8.43. The lowest BCUT2D eigenvalue weighted by Crippen LogP contribution is -2.47. The molecule has 1 N–H and O–H groups in total. The number of aliphatic hydroxyl groups is 1. The van der Waals surface area contributed by atoms with E-state index in [9.17, 15) is 5.11 Å². The molecule has 4 nitrogen and oxygen atoms in total. The largest absolute Gasteiger partial charge is 0.389 e. The molecule has 1 fully saturated rings. The van der Waals surface area contributed by atoms with Gasteiger partial charge in [0, 0.05) is 6.42 Å². The molecule has 1 saturated carbocycles. The van der Waals surface area contributed by atoms with Crippen molar-refractivity contribution in [2.24, 2.45) is 0 Å². The minimum atomic E-state index is -0.550. The number of hydrogen-bond donors (Lipinski definition) is 1. The molecule has 0 saturated heterocycles. The standard InChI is InChI=1S/C26H37NO3/c1-3-4-5-12-17-27(2)25-23(29-19-21-13-8-6-9-14-21)18-24(26(25)28)30-20-22-15-10-7-11-16-22/h6-11,13-16,23-26,28H,3-5,12,17-20H2,1-2H3. The third kappa shape index (κ3) is 6.64. The van der Waals surface area contributed by atoms with Gasteiger partial charge in [-0.2, -0.15) is 0 Å². The van der Waals surface area contributed by atoms with Gasteiger partial charge in [0.25, 0.3) is 0 Å². The summed E-state index contributed by atoms with van der Waals surface area (Å²) in [5.41, 5.74) is 2.29. The van der Waals surface area contributed by atoms with E-state index in [0.717, 1.165) is 24.1 Å². The van der Waals surface area contributed by atoms with Crippen LogP contribution >= 0.6 is 0 Å². The zero-order valence-corrected chi connectivity index (χ0v) is 18.5. The summed E-state index contributed by atoms with van der Waals surface area (Å²) < 4.78 is 12.5. The Balaban J connectivity index is 1.61. The summed E-state index contributed by atoms with van der Waals surface area (Å²) in [4.78, 5) is 2.28. The SMILES string of the molecule is CCCCCCN(C)C1C(OCc2ccccc2)CC(OCc2ccccc2)C1O. The Morgan fingerprint density at radius 3 is 1.97 bits per heavy atom. The van der Waals surface area contributed by atoms with Gasteiger partial charge in [0.15, 0.2) is 0 Å². The first kappa shape index (κ1) is 23.0. The highest BCUT2D eigenvalue weighted by Crippen LogP contribution is 2.31. The van der Waals surface area contributed by atoms with Crippen molar-refractivity contribution in [1.82, 2.24) is 4.90 Å². The van der Waals surface area contributed by atoms with Crippen LogP contribution in [-0.2, 0) is 22.7 Å². The molecule has 4 unspecified atom stereocenters. The molecule has 4 heteroatoms. The molecule has 0 aliphatic heterocycles. The molecule has 0 radical (unpaired) electrons. The molecule has 164 valence electrons. The van der Waals surface area contributed by atoms with E-state index in [1.54, 1.807) is 0 Å². The van der Waals surface area contributed by atoms with Gasteiger partial charge in [-0.25, -0.2) is 0 Å². The third-order valence-corrected chi connectivity index (χ3v) is 6.06. The normalized spacial score (nSPS) is 23.9. The molecule has 0 spiro atoms. The maximum absolute atomic E-state index is 11.1. The third-order valence-electron chi connectivity index (χ3n) is 6.06. The van der Waals surface area contributed by atoms with Gasteiger partial charge in [-0.3, -0.25) is 4.90 Å². The molecule has 0 heterocycles. The molecule has 0 aromatic heterocycles. The highest BCUT2D eigenvalue weighted by molar-refractivity contribution is 5.14. The van der Waals surface area contributed by atoms with Crippen LogP contribution < -0.4 is 0 Å². The lowest BCUT2D eigenvalue weighted by atomic mass is 10.1. The van der Waals surface area contributed by atoms with E-state index in [2.05, 4.69) is 43.1 Å². The fraction of sp³-hybridized carbons (Fsp3) is 0.538. The molecule has 2 aromatic carbocycles. The summed E-state index contributed by atoms with van der Waals surface area (Å²) in [6, 6.07) is 20.4. The van der Waals surface area contributed by atoms with Crippen molar-refractivity contribution in [1.29, 1.82) is 0 Å². The topological polar surface area (TPSA) is 41.9 Å². The second-order valence-corrected chi connectivity index (χ2v) is 8.43. The van der Waals surface area contributed by atoms with E-state index < -0.39 is 6.10 Å². The molecule has 1 aliphatic carbocycles. The van der Waals surface area contributed by atoms with Crippen LogP contribution in [0.2, 0.25) is 0 Å². The molecule has 0 amide bonds. The van der Waals surface area contributed by atoms with E-state index in [4.69, 9.17) is 9.47 Å². The van der Waals surface area contributed by atoms with Crippen molar-refractivity contribution in [3.63, 3.8) is 0 Å². The molecule has 2 aromatic rings. The zero-order valence-electron chi connectivity index (χ0n) is 18.5. The lowest BCUT2D eigenvalue weighted by molar-refractivity contribution is -0.0532. The Morgan fingerprint density at radius 1 is 0.833 bits per heavy atom. The summed E-state index contributed by atoms with van der Waals surface area (Å²) in [5.74, 6) is 0. The van der Waals surface area contributed by atoms with Crippen LogP contribution in [-0.4, -0.2) is 48.0 Å². The van der Waals surface area contributed by atoms with E-state index in [0.29, 0.717) is 19.6 Å². The number of aliphatic hydroxyl groups excluding tert-OH is 1. The minimum absolute atomic E-state index is 0.0443. The van der Waals surface area contributed by atoms with Crippen molar-refractivity contribution in [2.75, 3.05) is 13.6 Å². The first-order chi connectivity index (χ1) is 14.7. The van der Waals surface area contributed by atoms with Crippen LogP contribution in [0.4, 0.5) is 0 Å². The maximum Gasteiger partial charge on any atom is 0.0982 e. The first-order valence-corrected chi connectivity index (χ1v) is 11.4. The molecule has 1 aliphatic rings. The number of nitrogens with zero attached hydrogens (tertiary/aromatic N) is 1. The quantitative estimate of drug-likeness (QED) is 0.509. The highest BCUT2D eigenvalue weighted by atomic mass is 16.5. The van der Waals surface area contributed by atoms with Crippen LogP contribution in [0.25, 0.3) is 0 Å². The lowest BCUT2D eigenvalue weighted by Gasteiger charge is -2.32. The van der Waals surface area contributed by atoms with Crippen LogP contribution in [0.3, 0.4) is 0 Å². The number of likely N-dealkylation sites (N-methyl/N-ethyl adjacent to an activating group) is 1. The van der Waals surface area contributed by atoms with Gasteiger partial charge in [0.2, 0.25) is 0 Å². The van der Waals surface area contributed by atoms with Crippen molar-refractivity contribution in [2.45, 2.75) is 76.6 Å². The molecule has 3 rings (SSSR count).